The summed E-state index contributed by atoms with van der Waals surface area (Å²) in [7, 11) is 1.94. The van der Waals surface area contributed by atoms with Crippen LogP contribution >= 0.6 is 0 Å². The first-order chi connectivity index (χ1) is 9.72. The number of aliphatic hydroxyl groups excluding tert-OH is 1. The zero-order valence-electron chi connectivity index (χ0n) is 11.9. The van der Waals surface area contributed by atoms with Gasteiger partial charge in [-0.05, 0) is 48.6 Å². The molecule has 1 aliphatic carbocycles. The van der Waals surface area contributed by atoms with Gasteiger partial charge in [0.25, 0.3) is 0 Å². The fraction of sp³-hybridized carbons (Fsp3) is 0.471. The zero-order chi connectivity index (χ0) is 13.9. The highest BCUT2D eigenvalue weighted by Crippen LogP contribution is 2.37. The van der Waals surface area contributed by atoms with Gasteiger partial charge in [-0.3, -0.25) is 4.68 Å². The van der Waals surface area contributed by atoms with E-state index in [1.165, 1.54) is 11.1 Å². The first kappa shape index (κ1) is 13.4. The second-order valence-corrected chi connectivity index (χ2v) is 5.97. The van der Waals surface area contributed by atoms with Crippen molar-refractivity contribution in [2.75, 3.05) is 0 Å². The Morgan fingerprint density at radius 3 is 2.75 bits per heavy atom. The van der Waals surface area contributed by atoms with Crippen LogP contribution in [0, 0.1) is 5.92 Å². The highest BCUT2D eigenvalue weighted by atomic mass is 16.3. The Kier molecular flexibility index (Phi) is 3.88. The molecule has 1 aromatic heterocycles. The largest absolute Gasteiger partial charge is 0.393 e. The molecule has 3 nitrogen and oxygen atoms in total. The minimum Gasteiger partial charge on any atom is -0.393 e. The Balaban J connectivity index is 1.70. The minimum atomic E-state index is -0.171. The molecule has 3 unspecified atom stereocenters. The van der Waals surface area contributed by atoms with Crippen molar-refractivity contribution in [1.82, 2.24) is 9.78 Å². The van der Waals surface area contributed by atoms with Crippen molar-refractivity contribution in [3.63, 3.8) is 0 Å². The monoisotopic (exact) mass is 270 g/mol. The molecule has 0 bridgehead atoms. The average molecular weight is 270 g/mol. The summed E-state index contributed by atoms with van der Waals surface area (Å²) in [5.74, 6) is 0.930. The van der Waals surface area contributed by atoms with Crippen molar-refractivity contribution < 1.29 is 5.11 Å². The molecule has 1 aliphatic rings. The van der Waals surface area contributed by atoms with Gasteiger partial charge in [-0.15, -0.1) is 0 Å². The van der Waals surface area contributed by atoms with Crippen molar-refractivity contribution in [2.45, 2.75) is 37.7 Å². The summed E-state index contributed by atoms with van der Waals surface area (Å²) in [5, 5.41) is 14.5. The van der Waals surface area contributed by atoms with Crippen LogP contribution < -0.4 is 0 Å². The van der Waals surface area contributed by atoms with E-state index in [2.05, 4.69) is 41.6 Å². The molecular formula is C17H22N2O. The minimum absolute atomic E-state index is 0.171. The third-order valence-corrected chi connectivity index (χ3v) is 4.47. The van der Waals surface area contributed by atoms with Crippen molar-refractivity contribution in [3.05, 3.63) is 53.9 Å². The molecule has 3 heteroatoms. The molecule has 3 rings (SSSR count). The van der Waals surface area contributed by atoms with Crippen LogP contribution in [0.25, 0.3) is 0 Å². The average Bonchev–Trinajstić information content (AvgIpc) is 2.88. The number of rotatable bonds is 3. The number of aliphatic hydroxyl groups is 1. The van der Waals surface area contributed by atoms with Crippen LogP contribution in [0.5, 0.6) is 0 Å². The van der Waals surface area contributed by atoms with Crippen LogP contribution in [0.3, 0.4) is 0 Å². The molecule has 2 aromatic rings. The van der Waals surface area contributed by atoms with Gasteiger partial charge < -0.3 is 5.11 Å². The lowest BCUT2D eigenvalue weighted by atomic mass is 9.74. The number of hydrogen-bond donors (Lipinski definition) is 1. The van der Waals surface area contributed by atoms with E-state index in [0.29, 0.717) is 11.8 Å². The van der Waals surface area contributed by atoms with Gasteiger partial charge in [0.2, 0.25) is 0 Å². The molecule has 1 fully saturated rings. The van der Waals surface area contributed by atoms with E-state index in [9.17, 15) is 5.11 Å². The smallest absolute Gasteiger partial charge is 0.0572 e. The molecule has 1 N–H and O–H groups in total. The molecule has 0 spiro atoms. The fourth-order valence-electron chi connectivity index (χ4n) is 3.38. The molecule has 0 radical (unpaired) electrons. The van der Waals surface area contributed by atoms with Gasteiger partial charge >= 0.3 is 0 Å². The van der Waals surface area contributed by atoms with Crippen molar-refractivity contribution in [2.24, 2.45) is 13.0 Å². The lowest BCUT2D eigenvalue weighted by molar-refractivity contribution is 0.0619. The fourth-order valence-corrected chi connectivity index (χ4v) is 3.38. The zero-order valence-corrected chi connectivity index (χ0v) is 11.9. The molecule has 0 saturated heterocycles. The first-order valence-electron chi connectivity index (χ1n) is 7.43. The third-order valence-electron chi connectivity index (χ3n) is 4.47. The van der Waals surface area contributed by atoms with Crippen molar-refractivity contribution >= 4 is 0 Å². The highest BCUT2D eigenvalue weighted by molar-refractivity contribution is 5.20. The number of aromatic nitrogens is 2. The van der Waals surface area contributed by atoms with Gasteiger partial charge in [-0.2, -0.15) is 5.10 Å². The lowest BCUT2D eigenvalue weighted by Gasteiger charge is -2.33. The second-order valence-electron chi connectivity index (χ2n) is 5.97. The van der Waals surface area contributed by atoms with Crippen molar-refractivity contribution in [1.29, 1.82) is 0 Å². The van der Waals surface area contributed by atoms with E-state index in [-0.39, 0.29) is 6.10 Å². The van der Waals surface area contributed by atoms with E-state index in [4.69, 9.17) is 0 Å². The van der Waals surface area contributed by atoms with Gasteiger partial charge in [0, 0.05) is 13.2 Å². The number of nitrogens with zero attached hydrogens (tertiary/aromatic N) is 2. The second kappa shape index (κ2) is 5.80. The summed E-state index contributed by atoms with van der Waals surface area (Å²) in [6.45, 7) is 0. The highest BCUT2D eigenvalue weighted by Gasteiger charge is 2.30. The van der Waals surface area contributed by atoms with E-state index < -0.39 is 0 Å². The number of hydrogen-bond acceptors (Lipinski definition) is 2. The molecule has 106 valence electrons. The summed E-state index contributed by atoms with van der Waals surface area (Å²) in [6.07, 6.45) is 7.80. The Morgan fingerprint density at radius 1 is 1.25 bits per heavy atom. The lowest BCUT2D eigenvalue weighted by Crippen LogP contribution is -2.29. The first-order valence-corrected chi connectivity index (χ1v) is 7.43. The summed E-state index contributed by atoms with van der Waals surface area (Å²) in [4.78, 5) is 0. The van der Waals surface area contributed by atoms with Crippen LogP contribution in [0.2, 0.25) is 0 Å². The topological polar surface area (TPSA) is 38.0 Å². The van der Waals surface area contributed by atoms with Gasteiger partial charge in [-0.25, -0.2) is 0 Å². The molecule has 1 saturated carbocycles. The SMILES string of the molecule is Cn1cc(CC2CC(c3ccccc3)CCC2O)cn1. The van der Waals surface area contributed by atoms with Gasteiger partial charge in [0.15, 0.2) is 0 Å². The van der Waals surface area contributed by atoms with Gasteiger partial charge in [0.1, 0.15) is 0 Å². The maximum Gasteiger partial charge on any atom is 0.0572 e. The van der Waals surface area contributed by atoms with Crippen LogP contribution in [-0.2, 0) is 13.5 Å². The Morgan fingerprint density at radius 2 is 2.05 bits per heavy atom. The Bertz CT molecular complexity index is 549. The maximum atomic E-state index is 10.3. The molecule has 1 heterocycles. The molecular weight excluding hydrogens is 248 g/mol. The van der Waals surface area contributed by atoms with Crippen LogP contribution in [-0.4, -0.2) is 21.0 Å². The third kappa shape index (κ3) is 2.93. The summed E-state index contributed by atoms with van der Waals surface area (Å²) in [5.41, 5.74) is 2.64. The maximum absolute atomic E-state index is 10.3. The van der Waals surface area contributed by atoms with Gasteiger partial charge in [-0.1, -0.05) is 30.3 Å². The van der Waals surface area contributed by atoms with Gasteiger partial charge in [0.05, 0.1) is 12.3 Å². The Labute approximate surface area is 120 Å². The van der Waals surface area contributed by atoms with Crippen molar-refractivity contribution in [3.8, 4) is 0 Å². The Hall–Kier alpha value is -1.61. The predicted octanol–water partition coefficient (Wildman–Crippen LogP) is 2.91. The molecule has 20 heavy (non-hydrogen) atoms. The summed E-state index contributed by atoms with van der Waals surface area (Å²) >= 11 is 0. The van der Waals surface area contributed by atoms with Crippen LogP contribution in [0.1, 0.15) is 36.3 Å². The number of aryl methyl sites for hydroxylation is 1. The van der Waals surface area contributed by atoms with E-state index in [1.807, 2.05) is 17.9 Å². The molecule has 3 atom stereocenters. The van der Waals surface area contributed by atoms with Crippen LogP contribution in [0.4, 0.5) is 0 Å². The van der Waals surface area contributed by atoms with E-state index >= 15 is 0 Å². The summed E-state index contributed by atoms with van der Waals surface area (Å²) < 4.78 is 1.83. The predicted molar refractivity (Wildman–Crippen MR) is 79.4 cm³/mol. The normalized spacial score (nSPS) is 26.6. The number of benzene rings is 1. The quantitative estimate of drug-likeness (QED) is 0.931. The van der Waals surface area contributed by atoms with Crippen LogP contribution in [0.15, 0.2) is 42.7 Å². The molecule has 0 amide bonds. The van der Waals surface area contributed by atoms with E-state index in [0.717, 1.165) is 25.7 Å². The standard InChI is InChI=1S/C17H22N2O/c1-19-12-13(11-18-19)9-16-10-15(7-8-17(16)20)14-5-3-2-4-6-14/h2-6,11-12,15-17,20H,7-10H2,1H3. The molecule has 1 aromatic carbocycles. The molecule has 0 aliphatic heterocycles. The summed E-state index contributed by atoms with van der Waals surface area (Å²) in [6, 6.07) is 10.7. The van der Waals surface area contributed by atoms with E-state index in [1.54, 1.807) is 0 Å².